The van der Waals surface area contributed by atoms with E-state index >= 15 is 0 Å². The summed E-state index contributed by atoms with van der Waals surface area (Å²) in [7, 11) is 0. The Kier molecular flexibility index (Phi) is 3.29. The van der Waals surface area contributed by atoms with Crippen LogP contribution in [0.3, 0.4) is 0 Å². The van der Waals surface area contributed by atoms with Gasteiger partial charge in [-0.25, -0.2) is 0 Å². The van der Waals surface area contributed by atoms with Crippen LogP contribution in [0, 0.1) is 6.92 Å². The van der Waals surface area contributed by atoms with Crippen molar-refractivity contribution in [3.05, 3.63) is 40.0 Å². The average molecular weight is 306 g/mol. The standard InChI is InChI=1S/C12H8ClN5OS/c1-7-14-16-12(20-7)18-11(10(6-19)15-17-18)8-3-2-4-9(13)5-8/h2-6H,1H3. The number of hydrogen-bond acceptors (Lipinski definition) is 6. The Morgan fingerprint density at radius 1 is 1.30 bits per heavy atom. The van der Waals surface area contributed by atoms with Gasteiger partial charge in [0.2, 0.25) is 5.13 Å². The summed E-state index contributed by atoms with van der Waals surface area (Å²) < 4.78 is 1.50. The topological polar surface area (TPSA) is 73.6 Å². The largest absolute Gasteiger partial charge is 0.296 e. The predicted molar refractivity (Wildman–Crippen MR) is 75.4 cm³/mol. The molecule has 100 valence electrons. The van der Waals surface area contributed by atoms with Crippen molar-refractivity contribution in [2.24, 2.45) is 0 Å². The Bertz CT molecular complexity index is 782. The summed E-state index contributed by atoms with van der Waals surface area (Å²) in [6.07, 6.45) is 0.660. The number of halogens is 1. The molecule has 0 saturated heterocycles. The van der Waals surface area contributed by atoms with Crippen molar-refractivity contribution in [2.75, 3.05) is 0 Å². The molecule has 0 bridgehead atoms. The van der Waals surface area contributed by atoms with E-state index in [0.29, 0.717) is 22.1 Å². The van der Waals surface area contributed by atoms with Gasteiger partial charge in [0.25, 0.3) is 0 Å². The zero-order valence-corrected chi connectivity index (χ0v) is 11.9. The second kappa shape index (κ2) is 5.10. The van der Waals surface area contributed by atoms with Crippen molar-refractivity contribution >= 4 is 29.2 Å². The molecule has 8 heteroatoms. The van der Waals surface area contributed by atoms with Gasteiger partial charge < -0.3 is 0 Å². The van der Waals surface area contributed by atoms with E-state index in [-0.39, 0.29) is 5.69 Å². The van der Waals surface area contributed by atoms with Gasteiger partial charge in [0.05, 0.1) is 0 Å². The Morgan fingerprint density at radius 2 is 2.15 bits per heavy atom. The third kappa shape index (κ3) is 2.21. The maximum absolute atomic E-state index is 11.2. The molecule has 6 nitrogen and oxygen atoms in total. The lowest BCUT2D eigenvalue weighted by Crippen LogP contribution is -1.99. The molecule has 0 fully saturated rings. The molecule has 3 aromatic rings. The molecular weight excluding hydrogens is 298 g/mol. The van der Waals surface area contributed by atoms with Gasteiger partial charge in [0, 0.05) is 10.6 Å². The number of carbonyl (C=O) groups is 1. The Morgan fingerprint density at radius 3 is 2.80 bits per heavy atom. The van der Waals surface area contributed by atoms with Gasteiger partial charge in [0.15, 0.2) is 12.0 Å². The number of carbonyl (C=O) groups excluding carboxylic acids is 1. The predicted octanol–water partition coefficient (Wildman–Crippen LogP) is 2.56. The van der Waals surface area contributed by atoms with Gasteiger partial charge >= 0.3 is 0 Å². The van der Waals surface area contributed by atoms with Gasteiger partial charge in [-0.3, -0.25) is 4.79 Å². The minimum absolute atomic E-state index is 0.236. The van der Waals surface area contributed by atoms with Crippen LogP contribution in [0.2, 0.25) is 5.02 Å². The molecule has 0 radical (unpaired) electrons. The molecule has 0 aliphatic rings. The highest BCUT2D eigenvalue weighted by molar-refractivity contribution is 7.13. The summed E-state index contributed by atoms with van der Waals surface area (Å²) in [5.74, 6) is 0. The van der Waals surface area contributed by atoms with E-state index in [1.54, 1.807) is 18.2 Å². The number of hydrogen-bond donors (Lipinski definition) is 0. The summed E-state index contributed by atoms with van der Waals surface area (Å²) in [5, 5.41) is 17.7. The molecule has 1 aromatic carbocycles. The van der Waals surface area contributed by atoms with E-state index in [2.05, 4.69) is 20.5 Å². The minimum Gasteiger partial charge on any atom is -0.296 e. The lowest BCUT2D eigenvalue weighted by Gasteiger charge is -2.03. The summed E-state index contributed by atoms with van der Waals surface area (Å²) in [6.45, 7) is 1.85. The van der Waals surface area contributed by atoms with Crippen LogP contribution < -0.4 is 0 Å². The van der Waals surface area contributed by atoms with Crippen molar-refractivity contribution in [3.63, 3.8) is 0 Å². The summed E-state index contributed by atoms with van der Waals surface area (Å²) in [5.41, 5.74) is 1.54. The average Bonchev–Trinajstić information content (AvgIpc) is 3.04. The smallest absolute Gasteiger partial charge is 0.234 e. The molecule has 0 aliphatic heterocycles. The molecular formula is C12H8ClN5OS. The fraction of sp³-hybridized carbons (Fsp3) is 0.0833. The van der Waals surface area contributed by atoms with E-state index in [1.807, 2.05) is 13.0 Å². The van der Waals surface area contributed by atoms with Gasteiger partial charge in [-0.15, -0.1) is 15.3 Å². The molecule has 0 atom stereocenters. The molecule has 0 amide bonds. The Hall–Kier alpha value is -2.12. The van der Waals surface area contributed by atoms with E-state index in [9.17, 15) is 4.79 Å². The minimum atomic E-state index is 0.236. The first-order valence-electron chi connectivity index (χ1n) is 5.66. The number of aryl methyl sites for hydroxylation is 1. The third-order valence-corrected chi connectivity index (χ3v) is 3.65. The molecule has 3 rings (SSSR count). The molecule has 0 saturated carbocycles. The SMILES string of the molecule is Cc1nnc(-n2nnc(C=O)c2-c2cccc(Cl)c2)s1. The summed E-state index contributed by atoms with van der Waals surface area (Å²) in [4.78, 5) is 11.2. The van der Waals surface area contributed by atoms with Crippen LogP contribution in [-0.2, 0) is 0 Å². The fourth-order valence-corrected chi connectivity index (χ4v) is 2.62. The lowest BCUT2D eigenvalue weighted by atomic mass is 10.1. The highest BCUT2D eigenvalue weighted by atomic mass is 35.5. The van der Waals surface area contributed by atoms with Crippen LogP contribution in [0.1, 0.15) is 15.5 Å². The zero-order chi connectivity index (χ0) is 14.1. The molecule has 0 aliphatic carbocycles. The first kappa shape index (κ1) is 12.9. The first-order chi connectivity index (χ1) is 9.69. The van der Waals surface area contributed by atoms with Crippen LogP contribution in [0.15, 0.2) is 24.3 Å². The molecule has 20 heavy (non-hydrogen) atoms. The maximum Gasteiger partial charge on any atom is 0.234 e. The molecule has 0 spiro atoms. The van der Waals surface area contributed by atoms with E-state index in [4.69, 9.17) is 11.6 Å². The van der Waals surface area contributed by atoms with Gasteiger partial charge in [-0.2, -0.15) is 4.68 Å². The number of benzene rings is 1. The number of nitrogens with zero attached hydrogens (tertiary/aromatic N) is 5. The number of rotatable bonds is 3. The van der Waals surface area contributed by atoms with Crippen molar-refractivity contribution in [1.29, 1.82) is 0 Å². The van der Waals surface area contributed by atoms with Gasteiger partial charge in [-0.05, 0) is 19.1 Å². The van der Waals surface area contributed by atoms with Crippen molar-refractivity contribution in [3.8, 4) is 16.4 Å². The Balaban J connectivity index is 2.23. The monoisotopic (exact) mass is 305 g/mol. The highest BCUT2D eigenvalue weighted by Gasteiger charge is 2.18. The first-order valence-corrected chi connectivity index (χ1v) is 6.86. The fourth-order valence-electron chi connectivity index (χ4n) is 1.78. The van der Waals surface area contributed by atoms with Crippen molar-refractivity contribution in [2.45, 2.75) is 6.92 Å². The van der Waals surface area contributed by atoms with Crippen molar-refractivity contribution < 1.29 is 4.79 Å². The Labute approximate surface area is 123 Å². The molecule has 0 unspecified atom stereocenters. The molecule has 2 aromatic heterocycles. The van der Waals surface area contributed by atoms with Crippen LogP contribution in [0.4, 0.5) is 0 Å². The van der Waals surface area contributed by atoms with Crippen LogP contribution in [0.5, 0.6) is 0 Å². The zero-order valence-electron chi connectivity index (χ0n) is 10.3. The van der Waals surface area contributed by atoms with E-state index in [1.165, 1.54) is 16.0 Å². The lowest BCUT2D eigenvalue weighted by molar-refractivity contribution is 0.111. The third-order valence-electron chi connectivity index (χ3n) is 2.60. The second-order valence-electron chi connectivity index (χ2n) is 3.97. The second-order valence-corrected chi connectivity index (χ2v) is 5.56. The summed E-state index contributed by atoms with van der Waals surface area (Å²) >= 11 is 7.36. The van der Waals surface area contributed by atoms with Gasteiger partial charge in [-0.1, -0.05) is 40.3 Å². The summed E-state index contributed by atoms with van der Waals surface area (Å²) in [6, 6.07) is 7.14. The number of aldehydes is 1. The van der Waals surface area contributed by atoms with Gasteiger partial charge in [0.1, 0.15) is 10.7 Å². The number of aromatic nitrogens is 5. The van der Waals surface area contributed by atoms with E-state index < -0.39 is 0 Å². The highest BCUT2D eigenvalue weighted by Crippen LogP contribution is 2.27. The normalized spacial score (nSPS) is 10.7. The molecule has 2 heterocycles. The molecule has 0 N–H and O–H groups in total. The quantitative estimate of drug-likeness (QED) is 0.695. The maximum atomic E-state index is 11.2. The van der Waals surface area contributed by atoms with Crippen LogP contribution >= 0.6 is 22.9 Å². The van der Waals surface area contributed by atoms with Crippen LogP contribution in [0.25, 0.3) is 16.4 Å². The van der Waals surface area contributed by atoms with Crippen molar-refractivity contribution in [1.82, 2.24) is 25.2 Å². The van der Waals surface area contributed by atoms with E-state index in [0.717, 1.165) is 10.6 Å². The van der Waals surface area contributed by atoms with Crippen LogP contribution in [-0.4, -0.2) is 31.5 Å².